The van der Waals surface area contributed by atoms with Gasteiger partial charge in [0.2, 0.25) is 0 Å². The van der Waals surface area contributed by atoms with Crippen molar-refractivity contribution in [2.24, 2.45) is 7.05 Å². The van der Waals surface area contributed by atoms with Crippen molar-refractivity contribution in [3.05, 3.63) is 48.0 Å². The van der Waals surface area contributed by atoms with Crippen molar-refractivity contribution in [3.63, 3.8) is 0 Å². The molecule has 3 rings (SSSR count). The van der Waals surface area contributed by atoms with E-state index in [9.17, 15) is 9.65 Å². The van der Waals surface area contributed by atoms with Gasteiger partial charge in [-0.1, -0.05) is 0 Å². The Bertz CT molecular complexity index is 814. The SMILES string of the molecule is Cn1nccc1-c1ccc2ncc(F)cc2c1C#N. The fourth-order valence-corrected chi connectivity index (χ4v) is 2.15. The van der Waals surface area contributed by atoms with E-state index in [0.717, 1.165) is 17.5 Å². The third-order valence-corrected chi connectivity index (χ3v) is 3.04. The van der Waals surface area contributed by atoms with Gasteiger partial charge in [-0.2, -0.15) is 10.4 Å². The number of hydrogen-bond donors (Lipinski definition) is 0. The summed E-state index contributed by atoms with van der Waals surface area (Å²) in [5.74, 6) is -0.453. The maximum Gasteiger partial charge on any atom is 0.142 e. The molecule has 0 aliphatic rings. The number of nitriles is 1. The van der Waals surface area contributed by atoms with Crippen molar-refractivity contribution in [2.75, 3.05) is 0 Å². The van der Waals surface area contributed by atoms with Crippen LogP contribution >= 0.6 is 0 Å². The molecule has 0 amide bonds. The summed E-state index contributed by atoms with van der Waals surface area (Å²) in [6.07, 6.45) is 2.80. The lowest BCUT2D eigenvalue weighted by molar-refractivity contribution is 0.624. The molecule has 3 aromatic rings. The summed E-state index contributed by atoms with van der Waals surface area (Å²) < 4.78 is 15.0. The zero-order valence-electron chi connectivity index (χ0n) is 10.1. The van der Waals surface area contributed by atoms with Crippen molar-refractivity contribution in [1.82, 2.24) is 14.8 Å². The Balaban J connectivity index is 2.39. The van der Waals surface area contributed by atoms with Crippen LogP contribution in [-0.2, 0) is 7.05 Å². The number of rotatable bonds is 1. The van der Waals surface area contributed by atoms with Gasteiger partial charge in [0.1, 0.15) is 11.9 Å². The molecule has 0 N–H and O–H groups in total. The highest BCUT2D eigenvalue weighted by atomic mass is 19.1. The fourth-order valence-electron chi connectivity index (χ4n) is 2.15. The standard InChI is InChI=1S/C14H9FN4/c1-19-14(4-5-18-19)10-2-3-13-11(12(10)7-16)6-9(15)8-17-13/h2-6,8H,1H3. The number of halogens is 1. The predicted molar refractivity (Wildman–Crippen MR) is 68.6 cm³/mol. The van der Waals surface area contributed by atoms with E-state index in [2.05, 4.69) is 16.2 Å². The van der Waals surface area contributed by atoms with E-state index in [1.807, 2.05) is 12.1 Å². The van der Waals surface area contributed by atoms with Crippen LogP contribution < -0.4 is 0 Å². The smallest absolute Gasteiger partial charge is 0.142 e. The molecule has 0 fully saturated rings. The summed E-state index contributed by atoms with van der Waals surface area (Å²) in [7, 11) is 1.80. The molecular formula is C14H9FN4. The van der Waals surface area contributed by atoms with E-state index in [1.54, 1.807) is 24.0 Å². The molecule has 2 heterocycles. The first-order valence-electron chi connectivity index (χ1n) is 5.67. The highest BCUT2D eigenvalue weighted by Gasteiger charge is 2.13. The summed E-state index contributed by atoms with van der Waals surface area (Å²) in [5.41, 5.74) is 2.54. The van der Waals surface area contributed by atoms with Gasteiger partial charge >= 0.3 is 0 Å². The van der Waals surface area contributed by atoms with Crippen LogP contribution in [0.25, 0.3) is 22.2 Å². The van der Waals surface area contributed by atoms with Gasteiger partial charge < -0.3 is 0 Å². The largest absolute Gasteiger partial charge is 0.268 e. The number of nitrogens with zero attached hydrogens (tertiary/aromatic N) is 4. The van der Waals surface area contributed by atoms with Gasteiger partial charge in [0.15, 0.2) is 0 Å². The van der Waals surface area contributed by atoms with Gasteiger partial charge in [-0.05, 0) is 24.3 Å². The van der Waals surface area contributed by atoms with E-state index in [1.165, 1.54) is 6.07 Å². The molecule has 0 aliphatic heterocycles. The topological polar surface area (TPSA) is 54.5 Å². The summed E-state index contributed by atoms with van der Waals surface area (Å²) in [5, 5.41) is 14.0. The zero-order chi connectivity index (χ0) is 13.4. The number of benzene rings is 1. The van der Waals surface area contributed by atoms with Crippen molar-refractivity contribution >= 4 is 10.9 Å². The van der Waals surface area contributed by atoms with Crippen molar-refractivity contribution < 1.29 is 4.39 Å². The van der Waals surface area contributed by atoms with Crippen LogP contribution in [0.15, 0.2) is 36.7 Å². The van der Waals surface area contributed by atoms with Gasteiger partial charge in [0.05, 0.1) is 23.0 Å². The van der Waals surface area contributed by atoms with Crippen molar-refractivity contribution in [3.8, 4) is 17.3 Å². The first kappa shape index (κ1) is 11.4. The Kier molecular flexibility index (Phi) is 2.50. The summed E-state index contributed by atoms with van der Waals surface area (Å²) in [6.45, 7) is 0. The van der Waals surface area contributed by atoms with E-state index in [0.29, 0.717) is 16.5 Å². The normalized spacial score (nSPS) is 10.6. The minimum absolute atomic E-state index is 0.410. The van der Waals surface area contributed by atoms with E-state index >= 15 is 0 Å². The molecule has 0 saturated carbocycles. The van der Waals surface area contributed by atoms with Crippen LogP contribution in [0.5, 0.6) is 0 Å². The van der Waals surface area contributed by atoms with Crippen LogP contribution in [0.2, 0.25) is 0 Å². The summed E-state index contributed by atoms with van der Waals surface area (Å²) in [6, 6.07) is 8.87. The van der Waals surface area contributed by atoms with Gasteiger partial charge in [-0.15, -0.1) is 0 Å². The van der Waals surface area contributed by atoms with Crippen LogP contribution in [0.4, 0.5) is 4.39 Å². The highest BCUT2D eigenvalue weighted by molar-refractivity contribution is 5.91. The lowest BCUT2D eigenvalue weighted by Crippen LogP contribution is -1.96. The Hall–Kier alpha value is -2.74. The second-order valence-corrected chi connectivity index (χ2v) is 4.16. The average molecular weight is 252 g/mol. The number of aromatic nitrogens is 3. The summed E-state index contributed by atoms with van der Waals surface area (Å²) in [4.78, 5) is 3.99. The van der Waals surface area contributed by atoms with Gasteiger partial charge in [0, 0.05) is 24.2 Å². The maximum absolute atomic E-state index is 13.3. The van der Waals surface area contributed by atoms with Crippen LogP contribution in [0.3, 0.4) is 0 Å². The minimum Gasteiger partial charge on any atom is -0.268 e. The third-order valence-electron chi connectivity index (χ3n) is 3.04. The Morgan fingerprint density at radius 3 is 2.84 bits per heavy atom. The van der Waals surface area contributed by atoms with Gasteiger partial charge in [-0.3, -0.25) is 9.67 Å². The van der Waals surface area contributed by atoms with Gasteiger partial charge in [-0.25, -0.2) is 4.39 Å². The molecule has 0 aliphatic carbocycles. The minimum atomic E-state index is -0.453. The Morgan fingerprint density at radius 1 is 1.32 bits per heavy atom. The molecule has 5 heteroatoms. The molecule has 0 unspecified atom stereocenters. The number of aryl methyl sites for hydroxylation is 1. The highest BCUT2D eigenvalue weighted by Crippen LogP contribution is 2.28. The molecule has 0 radical (unpaired) electrons. The van der Waals surface area contributed by atoms with Crippen molar-refractivity contribution in [1.29, 1.82) is 5.26 Å². The number of fused-ring (bicyclic) bond motifs is 1. The monoisotopic (exact) mass is 252 g/mol. The predicted octanol–water partition coefficient (Wildman–Crippen LogP) is 2.65. The molecule has 0 spiro atoms. The average Bonchev–Trinajstić information content (AvgIpc) is 2.83. The van der Waals surface area contributed by atoms with E-state index < -0.39 is 5.82 Å². The number of pyridine rings is 1. The molecule has 0 atom stereocenters. The van der Waals surface area contributed by atoms with Crippen molar-refractivity contribution in [2.45, 2.75) is 0 Å². The zero-order valence-corrected chi connectivity index (χ0v) is 10.1. The molecular weight excluding hydrogens is 243 g/mol. The second-order valence-electron chi connectivity index (χ2n) is 4.16. The molecule has 19 heavy (non-hydrogen) atoms. The molecule has 0 saturated heterocycles. The Labute approximate surface area is 108 Å². The van der Waals surface area contributed by atoms with E-state index in [-0.39, 0.29) is 0 Å². The molecule has 0 bridgehead atoms. The maximum atomic E-state index is 13.3. The fraction of sp³-hybridized carbons (Fsp3) is 0.0714. The first-order chi connectivity index (χ1) is 9.20. The van der Waals surface area contributed by atoms with E-state index in [4.69, 9.17) is 0 Å². The Morgan fingerprint density at radius 2 is 2.16 bits per heavy atom. The molecule has 1 aromatic carbocycles. The lowest BCUT2D eigenvalue weighted by atomic mass is 10.0. The summed E-state index contributed by atoms with van der Waals surface area (Å²) >= 11 is 0. The molecule has 92 valence electrons. The van der Waals surface area contributed by atoms with Crippen LogP contribution in [-0.4, -0.2) is 14.8 Å². The lowest BCUT2D eigenvalue weighted by Gasteiger charge is -2.07. The quantitative estimate of drug-likeness (QED) is 0.669. The number of hydrogen-bond acceptors (Lipinski definition) is 3. The third kappa shape index (κ3) is 1.74. The first-order valence-corrected chi connectivity index (χ1v) is 5.67. The molecule has 2 aromatic heterocycles. The molecule has 4 nitrogen and oxygen atoms in total. The van der Waals surface area contributed by atoms with Crippen LogP contribution in [0.1, 0.15) is 5.56 Å². The second kappa shape index (κ2) is 4.18. The van der Waals surface area contributed by atoms with Gasteiger partial charge in [0.25, 0.3) is 0 Å². The van der Waals surface area contributed by atoms with Crippen LogP contribution in [0, 0.1) is 17.1 Å².